The van der Waals surface area contributed by atoms with Crippen LogP contribution < -0.4 is 10.6 Å². The summed E-state index contributed by atoms with van der Waals surface area (Å²) in [6.07, 6.45) is 7.71. The van der Waals surface area contributed by atoms with E-state index >= 15 is 0 Å². The van der Waals surface area contributed by atoms with E-state index in [1.54, 1.807) is 24.5 Å². The number of nitrogens with one attached hydrogen (secondary N) is 2. The van der Waals surface area contributed by atoms with Gasteiger partial charge in [0.05, 0.1) is 22.7 Å². The lowest BCUT2D eigenvalue weighted by Gasteiger charge is -2.36. The van der Waals surface area contributed by atoms with Gasteiger partial charge in [0, 0.05) is 65.0 Å². The molecule has 36 heavy (non-hydrogen) atoms. The molecule has 6 rings (SSSR count). The fourth-order valence-electron chi connectivity index (χ4n) is 5.20. The Balaban J connectivity index is 1.29. The van der Waals surface area contributed by atoms with Crippen molar-refractivity contribution in [3.05, 3.63) is 72.4 Å². The van der Waals surface area contributed by atoms with Gasteiger partial charge in [0.2, 0.25) is 5.78 Å². The number of aromatic nitrogens is 4. The molecule has 1 saturated heterocycles. The molecule has 182 valence electrons. The minimum Gasteiger partial charge on any atom is -0.398 e. The number of imidazole rings is 1. The number of fused-ring (bicyclic) bond motifs is 2. The van der Waals surface area contributed by atoms with Crippen LogP contribution in [0.25, 0.3) is 33.1 Å². The van der Waals surface area contributed by atoms with Crippen molar-refractivity contribution in [2.24, 2.45) is 0 Å². The number of nitrogens with zero attached hydrogens (tertiary/aromatic N) is 4. The van der Waals surface area contributed by atoms with Gasteiger partial charge in [0.25, 0.3) is 0 Å². The summed E-state index contributed by atoms with van der Waals surface area (Å²) in [5.41, 5.74) is 12.8. The van der Waals surface area contributed by atoms with Crippen molar-refractivity contribution < 1.29 is 4.79 Å². The Morgan fingerprint density at radius 2 is 1.86 bits per heavy atom. The number of hydrogen-bond acceptors (Lipinski definition) is 6. The lowest BCUT2D eigenvalue weighted by Crippen LogP contribution is -2.41. The van der Waals surface area contributed by atoms with Gasteiger partial charge in [-0.3, -0.25) is 9.78 Å². The molecule has 8 nitrogen and oxygen atoms in total. The van der Waals surface area contributed by atoms with Gasteiger partial charge in [0.1, 0.15) is 0 Å². The van der Waals surface area contributed by atoms with Crippen molar-refractivity contribution in [1.29, 1.82) is 0 Å². The van der Waals surface area contributed by atoms with Crippen LogP contribution >= 0.6 is 0 Å². The average molecular weight is 480 g/mol. The second kappa shape index (κ2) is 8.80. The number of rotatable bonds is 5. The van der Waals surface area contributed by atoms with E-state index in [-0.39, 0.29) is 5.78 Å². The van der Waals surface area contributed by atoms with Gasteiger partial charge in [-0.2, -0.15) is 0 Å². The second-order valence-electron chi connectivity index (χ2n) is 9.73. The number of nitrogens with two attached hydrogens (primary N) is 1. The van der Waals surface area contributed by atoms with E-state index in [9.17, 15) is 4.79 Å². The van der Waals surface area contributed by atoms with Gasteiger partial charge in [-0.15, -0.1) is 0 Å². The van der Waals surface area contributed by atoms with Crippen LogP contribution in [0, 0.1) is 0 Å². The number of piperidine rings is 1. The van der Waals surface area contributed by atoms with Gasteiger partial charge >= 0.3 is 0 Å². The van der Waals surface area contributed by atoms with Crippen molar-refractivity contribution in [3.8, 4) is 11.1 Å². The number of nitrogen functional groups attached to an aromatic ring is 1. The highest BCUT2D eigenvalue weighted by Gasteiger charge is 2.22. The zero-order valence-electron chi connectivity index (χ0n) is 20.5. The SMILES string of the molecule is CN(C)C1CCN(c2ccc3nc(C(=O)c4ccc(N)c(-c5cncc6[nH]ccc56)c4)[nH]c3c2)CC1. The molecule has 4 N–H and O–H groups in total. The quantitative estimate of drug-likeness (QED) is 0.254. The molecule has 8 heteroatoms. The molecule has 1 fully saturated rings. The van der Waals surface area contributed by atoms with Crippen LogP contribution in [-0.4, -0.2) is 63.8 Å². The van der Waals surface area contributed by atoms with E-state index in [4.69, 9.17) is 5.73 Å². The van der Waals surface area contributed by atoms with Crippen LogP contribution in [-0.2, 0) is 0 Å². The highest BCUT2D eigenvalue weighted by Crippen LogP contribution is 2.33. The van der Waals surface area contributed by atoms with Crippen LogP contribution in [0.5, 0.6) is 0 Å². The molecule has 0 radical (unpaired) electrons. The van der Waals surface area contributed by atoms with Crippen molar-refractivity contribution in [3.63, 3.8) is 0 Å². The normalized spacial score (nSPS) is 14.8. The van der Waals surface area contributed by atoms with E-state index in [0.717, 1.165) is 64.7 Å². The number of pyridine rings is 1. The molecule has 5 aromatic rings. The summed E-state index contributed by atoms with van der Waals surface area (Å²) in [5, 5.41) is 1.01. The summed E-state index contributed by atoms with van der Waals surface area (Å²) >= 11 is 0. The van der Waals surface area contributed by atoms with E-state index in [0.29, 0.717) is 23.1 Å². The predicted octanol–water partition coefficient (Wildman–Crippen LogP) is 4.45. The summed E-state index contributed by atoms with van der Waals surface area (Å²) in [6, 6.07) is 14.1. The summed E-state index contributed by atoms with van der Waals surface area (Å²) in [5.74, 6) is 0.150. The third-order valence-corrected chi connectivity index (χ3v) is 7.32. The van der Waals surface area contributed by atoms with Crippen molar-refractivity contribution in [1.82, 2.24) is 24.8 Å². The Morgan fingerprint density at radius 1 is 1.03 bits per heavy atom. The molecule has 0 spiro atoms. The Morgan fingerprint density at radius 3 is 2.67 bits per heavy atom. The third-order valence-electron chi connectivity index (χ3n) is 7.32. The zero-order chi connectivity index (χ0) is 24.8. The Kier molecular flexibility index (Phi) is 5.45. The second-order valence-corrected chi connectivity index (χ2v) is 9.73. The first-order valence-corrected chi connectivity index (χ1v) is 12.2. The highest BCUT2D eigenvalue weighted by atomic mass is 16.1. The number of hydrogen-bond donors (Lipinski definition) is 3. The maximum Gasteiger partial charge on any atom is 0.228 e. The summed E-state index contributed by atoms with van der Waals surface area (Å²) in [6.45, 7) is 2.04. The van der Waals surface area contributed by atoms with Crippen LogP contribution in [0.15, 0.2) is 61.1 Å². The zero-order valence-corrected chi connectivity index (χ0v) is 20.5. The fraction of sp³-hybridized carbons (Fsp3) is 0.250. The fourth-order valence-corrected chi connectivity index (χ4v) is 5.20. The molecule has 1 aliphatic rings. The van der Waals surface area contributed by atoms with Crippen molar-refractivity contribution in [2.75, 3.05) is 37.8 Å². The Bertz CT molecular complexity index is 1570. The number of H-pyrrole nitrogens is 2. The molecule has 0 atom stereocenters. The predicted molar refractivity (Wildman–Crippen MR) is 144 cm³/mol. The van der Waals surface area contributed by atoms with Crippen molar-refractivity contribution >= 4 is 39.1 Å². The molecule has 1 aliphatic heterocycles. The summed E-state index contributed by atoms with van der Waals surface area (Å²) < 4.78 is 0. The molecule has 4 heterocycles. The largest absolute Gasteiger partial charge is 0.398 e. The third kappa shape index (κ3) is 3.89. The minimum atomic E-state index is -0.171. The number of anilines is 2. The van der Waals surface area contributed by atoms with Crippen LogP contribution in [0.4, 0.5) is 11.4 Å². The monoisotopic (exact) mass is 479 g/mol. The van der Waals surface area contributed by atoms with Gasteiger partial charge in [-0.1, -0.05) is 0 Å². The maximum atomic E-state index is 13.4. The standard InChI is InChI=1S/C28H29N7O/c1-34(2)18-8-11-35(12-9-18)19-4-6-24-25(14-19)33-28(32-24)27(36)17-3-5-23(29)21(13-17)22-15-30-16-26-20(22)7-10-31-26/h3-7,10,13-16,18,31H,8-9,11-12,29H2,1-2H3,(H,32,33). The number of carbonyl (C=O) groups is 1. The molecular weight excluding hydrogens is 450 g/mol. The molecular formula is C28H29N7O. The molecule has 0 bridgehead atoms. The molecule has 3 aromatic heterocycles. The highest BCUT2D eigenvalue weighted by molar-refractivity contribution is 6.10. The number of aromatic amines is 2. The Hall–Kier alpha value is -4.17. The first-order valence-electron chi connectivity index (χ1n) is 12.2. The first-order chi connectivity index (χ1) is 17.5. The maximum absolute atomic E-state index is 13.4. The molecule has 0 amide bonds. The van der Waals surface area contributed by atoms with E-state index in [1.807, 2.05) is 24.4 Å². The number of carbonyl (C=O) groups excluding carboxylic acids is 1. The van der Waals surface area contributed by atoms with Gasteiger partial charge < -0.3 is 25.5 Å². The lowest BCUT2D eigenvalue weighted by atomic mass is 9.98. The summed E-state index contributed by atoms with van der Waals surface area (Å²) in [4.78, 5) is 33.5. The van der Waals surface area contributed by atoms with Gasteiger partial charge in [-0.25, -0.2) is 4.98 Å². The Labute approximate surface area is 209 Å². The lowest BCUT2D eigenvalue weighted by molar-refractivity contribution is 0.103. The van der Waals surface area contributed by atoms with Crippen LogP contribution in [0.3, 0.4) is 0 Å². The molecule has 2 aromatic carbocycles. The van der Waals surface area contributed by atoms with Crippen LogP contribution in [0.2, 0.25) is 0 Å². The van der Waals surface area contributed by atoms with Crippen LogP contribution in [0.1, 0.15) is 29.0 Å². The number of benzene rings is 2. The van der Waals surface area contributed by atoms with Gasteiger partial charge in [-0.05, 0) is 69.4 Å². The van der Waals surface area contributed by atoms with Gasteiger partial charge in [0.15, 0.2) is 5.82 Å². The molecule has 0 unspecified atom stereocenters. The topological polar surface area (TPSA) is 107 Å². The molecule has 0 saturated carbocycles. The average Bonchev–Trinajstić information content (AvgIpc) is 3.55. The van der Waals surface area contributed by atoms with E-state index < -0.39 is 0 Å². The van der Waals surface area contributed by atoms with E-state index in [2.05, 4.69) is 56.0 Å². The molecule has 0 aliphatic carbocycles. The van der Waals surface area contributed by atoms with E-state index in [1.165, 1.54) is 0 Å². The first kappa shape index (κ1) is 22.3. The smallest absolute Gasteiger partial charge is 0.228 e. The minimum absolute atomic E-state index is 0.171. The number of ketones is 1. The van der Waals surface area contributed by atoms with Crippen molar-refractivity contribution in [2.45, 2.75) is 18.9 Å². The summed E-state index contributed by atoms with van der Waals surface area (Å²) in [7, 11) is 4.30.